The van der Waals surface area contributed by atoms with Gasteiger partial charge >= 0.3 is 6.03 Å². The van der Waals surface area contributed by atoms with Gasteiger partial charge in [-0.25, -0.2) is 17.6 Å². The lowest BCUT2D eigenvalue weighted by Gasteiger charge is -2.27. The Morgan fingerprint density at radius 2 is 1.73 bits per heavy atom. The first-order valence-corrected chi connectivity index (χ1v) is 11.6. The number of carbonyl (C=O) groups excluding carboxylic acids is 1. The molecule has 0 bridgehead atoms. The van der Waals surface area contributed by atoms with Crippen LogP contribution in [0, 0.1) is 5.82 Å². The van der Waals surface area contributed by atoms with E-state index < -0.39 is 10.0 Å². The van der Waals surface area contributed by atoms with Crippen molar-refractivity contribution in [2.75, 3.05) is 20.1 Å². The molecule has 8 heteroatoms. The van der Waals surface area contributed by atoms with E-state index in [1.54, 1.807) is 43.4 Å². The van der Waals surface area contributed by atoms with Gasteiger partial charge in [0.05, 0.1) is 10.9 Å². The maximum atomic E-state index is 13.1. The lowest BCUT2D eigenvalue weighted by Crippen LogP contribution is -2.39. The van der Waals surface area contributed by atoms with Gasteiger partial charge in [0.1, 0.15) is 5.82 Å². The summed E-state index contributed by atoms with van der Waals surface area (Å²) in [5, 5.41) is 2.81. The fraction of sp³-hybridized carbons (Fsp3) is 0.409. The van der Waals surface area contributed by atoms with Crippen molar-refractivity contribution in [1.82, 2.24) is 14.5 Å². The van der Waals surface area contributed by atoms with Crippen LogP contribution < -0.4 is 5.32 Å². The number of halogens is 1. The summed E-state index contributed by atoms with van der Waals surface area (Å²) in [5.41, 5.74) is 1.36. The molecule has 1 fully saturated rings. The normalized spacial score (nSPS) is 16.1. The number of rotatable bonds is 6. The predicted octanol–water partition coefficient (Wildman–Crippen LogP) is 3.90. The van der Waals surface area contributed by atoms with Gasteiger partial charge in [-0.2, -0.15) is 4.31 Å². The molecule has 2 aromatic rings. The van der Waals surface area contributed by atoms with Crippen molar-refractivity contribution in [3.8, 4) is 0 Å². The zero-order valence-corrected chi connectivity index (χ0v) is 18.2. The van der Waals surface area contributed by atoms with Gasteiger partial charge in [-0.1, -0.05) is 36.8 Å². The van der Waals surface area contributed by atoms with Crippen LogP contribution in [-0.4, -0.2) is 43.8 Å². The van der Waals surface area contributed by atoms with E-state index in [2.05, 4.69) is 5.32 Å². The van der Waals surface area contributed by atoms with Crippen molar-refractivity contribution < 1.29 is 17.6 Å². The molecule has 2 aromatic carbocycles. The molecule has 30 heavy (non-hydrogen) atoms. The molecule has 0 spiro atoms. The van der Waals surface area contributed by atoms with Crippen LogP contribution in [0.4, 0.5) is 9.18 Å². The molecular weight excluding hydrogens is 405 g/mol. The van der Waals surface area contributed by atoms with E-state index in [1.165, 1.54) is 21.3 Å². The van der Waals surface area contributed by atoms with Crippen molar-refractivity contribution >= 4 is 16.1 Å². The van der Waals surface area contributed by atoms with Gasteiger partial charge in [0.25, 0.3) is 0 Å². The number of nitrogens with one attached hydrogen (secondary N) is 1. The maximum absolute atomic E-state index is 13.1. The van der Waals surface area contributed by atoms with E-state index in [9.17, 15) is 17.6 Å². The minimum absolute atomic E-state index is 0.0998. The molecule has 3 rings (SSSR count). The third kappa shape index (κ3) is 4.99. The SMILES string of the molecule is C[C@H](c1ccc(F)cc1)N(C)C(=O)NCc1ccccc1S(=O)(=O)N1CCCCC1. The standard InChI is InChI=1S/C22H28FN3O3S/c1-17(18-10-12-20(23)13-11-18)25(2)22(27)24-16-19-8-4-5-9-21(19)30(28,29)26-14-6-3-7-15-26/h4-5,8-13,17H,3,6-7,14-16H2,1-2H3,(H,24,27)/t17-/m1/s1. The Labute approximate surface area is 177 Å². The van der Waals surface area contributed by atoms with Gasteiger partial charge in [-0.05, 0) is 49.1 Å². The van der Waals surface area contributed by atoms with Crippen molar-refractivity contribution in [2.45, 2.75) is 43.7 Å². The van der Waals surface area contributed by atoms with Gasteiger partial charge in [-0.15, -0.1) is 0 Å². The lowest BCUT2D eigenvalue weighted by molar-refractivity contribution is 0.194. The fourth-order valence-corrected chi connectivity index (χ4v) is 5.32. The minimum Gasteiger partial charge on any atom is -0.334 e. The van der Waals surface area contributed by atoms with Gasteiger partial charge < -0.3 is 10.2 Å². The number of urea groups is 1. The molecule has 1 aliphatic rings. The summed E-state index contributed by atoms with van der Waals surface area (Å²) in [6.45, 7) is 3.01. The molecule has 0 aromatic heterocycles. The first-order chi connectivity index (χ1) is 14.3. The number of amides is 2. The second-order valence-corrected chi connectivity index (χ2v) is 9.48. The Morgan fingerprint density at radius 1 is 1.10 bits per heavy atom. The van der Waals surface area contributed by atoms with Gasteiger partial charge in [0.15, 0.2) is 0 Å². The van der Waals surface area contributed by atoms with Crippen LogP contribution in [0.5, 0.6) is 0 Å². The van der Waals surface area contributed by atoms with E-state index >= 15 is 0 Å². The van der Waals surface area contributed by atoms with E-state index in [4.69, 9.17) is 0 Å². The van der Waals surface area contributed by atoms with Crippen molar-refractivity contribution in [3.63, 3.8) is 0 Å². The second kappa shape index (κ2) is 9.57. The number of sulfonamides is 1. The third-order valence-electron chi connectivity index (χ3n) is 5.59. The molecule has 0 unspecified atom stereocenters. The monoisotopic (exact) mass is 433 g/mol. The third-order valence-corrected chi connectivity index (χ3v) is 7.59. The van der Waals surface area contributed by atoms with Gasteiger partial charge in [0, 0.05) is 26.7 Å². The van der Waals surface area contributed by atoms with Crippen LogP contribution in [0.1, 0.15) is 43.4 Å². The summed E-state index contributed by atoms with van der Waals surface area (Å²) in [7, 11) is -1.94. The van der Waals surface area contributed by atoms with E-state index in [0.29, 0.717) is 18.7 Å². The number of hydrogen-bond acceptors (Lipinski definition) is 3. The zero-order valence-electron chi connectivity index (χ0n) is 17.3. The zero-order chi connectivity index (χ0) is 21.7. The highest BCUT2D eigenvalue weighted by molar-refractivity contribution is 7.89. The topological polar surface area (TPSA) is 69.7 Å². The van der Waals surface area contributed by atoms with Crippen LogP contribution in [0.25, 0.3) is 0 Å². The van der Waals surface area contributed by atoms with Crippen molar-refractivity contribution in [3.05, 3.63) is 65.5 Å². The Kier molecular flexibility index (Phi) is 7.10. The average molecular weight is 434 g/mol. The highest BCUT2D eigenvalue weighted by Crippen LogP contribution is 2.24. The van der Waals surface area contributed by atoms with Gasteiger partial charge in [0.2, 0.25) is 10.0 Å². The molecule has 1 saturated heterocycles. The molecule has 2 amide bonds. The number of nitrogens with zero attached hydrogens (tertiary/aromatic N) is 2. The average Bonchev–Trinajstić information content (AvgIpc) is 2.77. The van der Waals surface area contributed by atoms with E-state index in [1.807, 2.05) is 6.92 Å². The second-order valence-electron chi connectivity index (χ2n) is 7.57. The number of carbonyl (C=O) groups is 1. The number of benzene rings is 2. The summed E-state index contributed by atoms with van der Waals surface area (Å²) < 4.78 is 40.8. The van der Waals surface area contributed by atoms with Crippen molar-refractivity contribution in [1.29, 1.82) is 0 Å². The fourth-order valence-electron chi connectivity index (χ4n) is 3.58. The molecule has 0 saturated carbocycles. The molecule has 0 radical (unpaired) electrons. The van der Waals surface area contributed by atoms with Crippen LogP contribution in [0.15, 0.2) is 53.4 Å². The molecule has 1 aliphatic heterocycles. The van der Waals surface area contributed by atoms with E-state index in [0.717, 1.165) is 24.8 Å². The van der Waals surface area contributed by atoms with Crippen LogP contribution >= 0.6 is 0 Å². The Bertz CT molecular complexity index is 973. The van der Waals surface area contributed by atoms with Gasteiger partial charge in [-0.3, -0.25) is 0 Å². The molecule has 0 aliphatic carbocycles. The summed E-state index contributed by atoms with van der Waals surface area (Å²) in [4.78, 5) is 14.4. The van der Waals surface area contributed by atoms with E-state index in [-0.39, 0.29) is 29.3 Å². The largest absolute Gasteiger partial charge is 0.334 e. The Balaban J connectivity index is 1.70. The number of piperidine rings is 1. The predicted molar refractivity (Wildman–Crippen MR) is 114 cm³/mol. The quantitative estimate of drug-likeness (QED) is 0.751. The molecular formula is C22H28FN3O3S. The number of hydrogen-bond donors (Lipinski definition) is 1. The maximum Gasteiger partial charge on any atom is 0.317 e. The highest BCUT2D eigenvalue weighted by Gasteiger charge is 2.28. The Hall–Kier alpha value is -2.45. The first-order valence-electron chi connectivity index (χ1n) is 10.1. The summed E-state index contributed by atoms with van der Waals surface area (Å²) in [6, 6.07) is 12.2. The Morgan fingerprint density at radius 3 is 2.40 bits per heavy atom. The molecule has 1 atom stereocenters. The summed E-state index contributed by atoms with van der Waals surface area (Å²) in [5.74, 6) is -0.329. The molecule has 162 valence electrons. The smallest absolute Gasteiger partial charge is 0.317 e. The minimum atomic E-state index is -3.59. The highest BCUT2D eigenvalue weighted by atomic mass is 32.2. The summed E-state index contributed by atoms with van der Waals surface area (Å²) >= 11 is 0. The molecule has 6 nitrogen and oxygen atoms in total. The van der Waals surface area contributed by atoms with Crippen molar-refractivity contribution in [2.24, 2.45) is 0 Å². The molecule has 1 N–H and O–H groups in total. The first kappa shape index (κ1) is 22.2. The molecule has 1 heterocycles. The summed E-state index contributed by atoms with van der Waals surface area (Å²) in [6.07, 6.45) is 2.77. The van der Waals surface area contributed by atoms with Crippen LogP contribution in [0.3, 0.4) is 0 Å². The van der Waals surface area contributed by atoms with Crippen LogP contribution in [0.2, 0.25) is 0 Å². The lowest BCUT2D eigenvalue weighted by atomic mass is 10.1. The van der Waals surface area contributed by atoms with Crippen LogP contribution in [-0.2, 0) is 16.6 Å².